The van der Waals surface area contributed by atoms with E-state index >= 15 is 0 Å². The van der Waals surface area contributed by atoms with E-state index in [1.54, 1.807) is 24.3 Å². The largest absolute Gasteiger partial charge is 0.491 e. The first-order valence-electron chi connectivity index (χ1n) is 11.3. The maximum absolute atomic E-state index is 13.3. The molecule has 0 radical (unpaired) electrons. The van der Waals surface area contributed by atoms with Crippen molar-refractivity contribution in [3.63, 3.8) is 0 Å². The van der Waals surface area contributed by atoms with Gasteiger partial charge in [-0.3, -0.25) is 19.3 Å². The molecule has 7 heteroatoms. The molecule has 172 valence electrons. The van der Waals surface area contributed by atoms with E-state index in [1.807, 2.05) is 24.3 Å². The molecule has 2 heterocycles. The molecule has 0 aliphatic carbocycles. The van der Waals surface area contributed by atoms with Gasteiger partial charge in [0, 0.05) is 30.2 Å². The maximum Gasteiger partial charge on any atom is 0.229 e. The predicted molar refractivity (Wildman–Crippen MR) is 122 cm³/mol. The smallest absolute Gasteiger partial charge is 0.229 e. The lowest BCUT2D eigenvalue weighted by atomic mass is 9.98. The van der Waals surface area contributed by atoms with Crippen LogP contribution in [0.3, 0.4) is 0 Å². The molecule has 1 aliphatic rings. The van der Waals surface area contributed by atoms with Crippen LogP contribution in [0, 0.1) is 0 Å². The summed E-state index contributed by atoms with van der Waals surface area (Å²) in [5.41, 5.74) is 1.82. The summed E-state index contributed by atoms with van der Waals surface area (Å²) in [5.74, 6) is 0.535. The Kier molecular flexibility index (Phi) is 6.89. The van der Waals surface area contributed by atoms with Crippen molar-refractivity contribution >= 4 is 28.6 Å². The van der Waals surface area contributed by atoms with Crippen LogP contribution in [0.15, 0.2) is 52.9 Å². The average molecular weight is 450 g/mol. The number of amides is 2. The molecule has 0 spiro atoms. The molecule has 1 saturated heterocycles. The second-order valence-electron chi connectivity index (χ2n) is 8.22. The molecule has 1 unspecified atom stereocenters. The summed E-state index contributed by atoms with van der Waals surface area (Å²) < 4.78 is 11.6. The van der Waals surface area contributed by atoms with Gasteiger partial charge in [0.2, 0.25) is 11.8 Å². The predicted octanol–water partition coefficient (Wildman–Crippen LogP) is 3.90. The van der Waals surface area contributed by atoms with Crippen LogP contribution in [0.1, 0.15) is 54.3 Å². The Hall–Kier alpha value is -3.45. The van der Waals surface area contributed by atoms with Crippen molar-refractivity contribution in [1.29, 1.82) is 0 Å². The third kappa shape index (κ3) is 4.98. The highest BCUT2D eigenvalue weighted by molar-refractivity contribution is 6.16. The van der Waals surface area contributed by atoms with Crippen molar-refractivity contribution in [1.82, 2.24) is 4.90 Å². The van der Waals surface area contributed by atoms with Gasteiger partial charge in [-0.05, 0) is 36.8 Å². The molecule has 1 fully saturated rings. The molecule has 7 nitrogen and oxygen atoms in total. The van der Waals surface area contributed by atoms with E-state index in [0.29, 0.717) is 34.6 Å². The van der Waals surface area contributed by atoms with Crippen molar-refractivity contribution in [2.45, 2.75) is 45.1 Å². The number of β-amino-alcohol motifs (C(OH)–C–C–N with tert-alkyl or cyclic N) is 1. The molecule has 0 saturated carbocycles. The number of likely N-dealkylation sites (tertiary alicyclic amines) is 1. The highest BCUT2D eigenvalue weighted by Gasteiger charge is 2.30. The van der Waals surface area contributed by atoms with Gasteiger partial charge in [0.15, 0.2) is 5.78 Å². The van der Waals surface area contributed by atoms with Gasteiger partial charge in [0.05, 0.1) is 12.1 Å². The van der Waals surface area contributed by atoms with Gasteiger partial charge in [0.1, 0.15) is 29.8 Å². The van der Waals surface area contributed by atoms with E-state index in [0.717, 1.165) is 23.1 Å². The zero-order chi connectivity index (χ0) is 23.4. The average Bonchev–Trinajstić information content (AvgIpc) is 3.35. The Morgan fingerprint density at radius 2 is 1.79 bits per heavy atom. The van der Waals surface area contributed by atoms with Crippen LogP contribution >= 0.6 is 0 Å². The summed E-state index contributed by atoms with van der Waals surface area (Å²) >= 11 is 0. The van der Waals surface area contributed by atoms with Gasteiger partial charge in [-0.25, -0.2) is 0 Å². The summed E-state index contributed by atoms with van der Waals surface area (Å²) in [6.07, 6.45) is 2.03. The van der Waals surface area contributed by atoms with Crippen molar-refractivity contribution in [3.05, 3.63) is 65.4 Å². The fourth-order valence-electron chi connectivity index (χ4n) is 3.99. The molecule has 4 rings (SSSR count). The highest BCUT2D eigenvalue weighted by Crippen LogP contribution is 2.30. The number of aliphatic hydroxyl groups is 1. The minimum atomic E-state index is -0.990. The third-order valence-corrected chi connectivity index (χ3v) is 5.76. The third-order valence-electron chi connectivity index (χ3n) is 5.76. The first-order valence-corrected chi connectivity index (χ1v) is 11.3. The van der Waals surface area contributed by atoms with Crippen LogP contribution in [0.5, 0.6) is 5.75 Å². The maximum atomic E-state index is 13.3. The van der Waals surface area contributed by atoms with Crippen LogP contribution in [-0.4, -0.2) is 46.9 Å². The van der Waals surface area contributed by atoms with Gasteiger partial charge in [-0.2, -0.15) is 0 Å². The van der Waals surface area contributed by atoms with Gasteiger partial charge in [-0.1, -0.05) is 31.5 Å². The standard InChI is InChI=1S/C26H27NO6/c1-2-3-7-22-25(20-6-4-5-8-21(20)33-22)26(31)17-9-11-19(12-10-17)32-16-18(28)15-27-23(29)13-14-24(27)30/h4-6,8-12,18,28H,2-3,7,13-16H2,1H3. The Balaban J connectivity index is 1.43. The number of imide groups is 1. The number of hydrogen-bond donors (Lipinski definition) is 1. The minimum absolute atomic E-state index is 0.0715. The van der Waals surface area contributed by atoms with E-state index in [1.165, 1.54) is 0 Å². The number of hydrogen-bond acceptors (Lipinski definition) is 6. The minimum Gasteiger partial charge on any atom is -0.491 e. The molecular weight excluding hydrogens is 422 g/mol. The van der Waals surface area contributed by atoms with Crippen LogP contribution in [-0.2, 0) is 16.0 Å². The van der Waals surface area contributed by atoms with Crippen LogP contribution in [0.25, 0.3) is 11.0 Å². The number of benzene rings is 2. The summed E-state index contributed by atoms with van der Waals surface area (Å²) in [6, 6.07) is 14.2. The van der Waals surface area contributed by atoms with Gasteiger partial charge in [0.25, 0.3) is 0 Å². The summed E-state index contributed by atoms with van der Waals surface area (Å²) in [6.45, 7) is 1.95. The quantitative estimate of drug-likeness (QED) is 0.373. The number of fused-ring (bicyclic) bond motifs is 1. The van der Waals surface area contributed by atoms with E-state index in [-0.39, 0.29) is 43.6 Å². The van der Waals surface area contributed by atoms with E-state index in [4.69, 9.17) is 9.15 Å². The lowest BCUT2D eigenvalue weighted by Crippen LogP contribution is -2.38. The number of ketones is 1. The second kappa shape index (κ2) is 10.0. The van der Waals surface area contributed by atoms with Crippen molar-refractivity contribution < 1.29 is 28.6 Å². The molecule has 1 aliphatic heterocycles. The lowest BCUT2D eigenvalue weighted by Gasteiger charge is -2.18. The van der Waals surface area contributed by atoms with Crippen molar-refractivity contribution in [2.75, 3.05) is 13.2 Å². The monoisotopic (exact) mass is 449 g/mol. The molecular formula is C26H27NO6. The summed E-state index contributed by atoms with van der Waals surface area (Å²) in [4.78, 5) is 37.7. The zero-order valence-electron chi connectivity index (χ0n) is 18.6. The molecule has 2 aromatic carbocycles. The number of carbonyl (C=O) groups is 3. The van der Waals surface area contributed by atoms with Crippen LogP contribution in [0.2, 0.25) is 0 Å². The first kappa shape index (κ1) is 22.7. The zero-order valence-corrected chi connectivity index (χ0v) is 18.6. The SMILES string of the molecule is CCCCc1oc2ccccc2c1C(=O)c1ccc(OCC(O)CN2C(=O)CCC2=O)cc1. The number of rotatable bonds is 10. The summed E-state index contributed by atoms with van der Waals surface area (Å²) in [7, 11) is 0. The van der Waals surface area contributed by atoms with Crippen molar-refractivity contribution in [3.8, 4) is 5.75 Å². The highest BCUT2D eigenvalue weighted by atomic mass is 16.5. The van der Waals surface area contributed by atoms with E-state index in [2.05, 4.69) is 6.92 Å². The molecule has 3 aromatic rings. The van der Waals surface area contributed by atoms with Gasteiger partial charge < -0.3 is 14.3 Å². The summed E-state index contributed by atoms with van der Waals surface area (Å²) in [5, 5.41) is 10.9. The normalized spacial score (nSPS) is 14.8. The van der Waals surface area contributed by atoms with Gasteiger partial charge >= 0.3 is 0 Å². The number of unbranched alkanes of at least 4 members (excludes halogenated alkanes) is 1. The molecule has 1 atom stereocenters. The molecule has 0 bridgehead atoms. The lowest BCUT2D eigenvalue weighted by molar-refractivity contribution is -0.140. The number of nitrogens with zero attached hydrogens (tertiary/aromatic N) is 1. The molecule has 2 amide bonds. The Bertz CT molecular complexity index is 1150. The Morgan fingerprint density at radius 3 is 2.48 bits per heavy atom. The van der Waals surface area contributed by atoms with Crippen molar-refractivity contribution in [2.24, 2.45) is 0 Å². The molecule has 1 N–H and O–H groups in total. The molecule has 33 heavy (non-hydrogen) atoms. The van der Waals surface area contributed by atoms with Crippen LogP contribution < -0.4 is 4.74 Å². The number of carbonyl (C=O) groups excluding carboxylic acids is 3. The second-order valence-corrected chi connectivity index (χ2v) is 8.22. The fourth-order valence-corrected chi connectivity index (χ4v) is 3.99. The number of furan rings is 1. The Labute approximate surface area is 191 Å². The number of para-hydroxylation sites is 1. The number of ether oxygens (including phenoxy) is 1. The van der Waals surface area contributed by atoms with Crippen LogP contribution in [0.4, 0.5) is 0 Å². The van der Waals surface area contributed by atoms with E-state index < -0.39 is 6.10 Å². The Morgan fingerprint density at radius 1 is 1.09 bits per heavy atom. The number of aliphatic hydroxyl groups excluding tert-OH is 1. The first-order chi connectivity index (χ1) is 16.0. The molecule has 1 aromatic heterocycles. The van der Waals surface area contributed by atoms with E-state index in [9.17, 15) is 19.5 Å². The van der Waals surface area contributed by atoms with Gasteiger partial charge in [-0.15, -0.1) is 0 Å². The number of aryl methyl sites for hydroxylation is 1. The topological polar surface area (TPSA) is 97.1 Å². The fraction of sp³-hybridized carbons (Fsp3) is 0.346.